The molecule has 7 atom stereocenters. The Morgan fingerprint density at radius 2 is 1.42 bits per heavy atom. The van der Waals surface area contributed by atoms with Gasteiger partial charge in [-0.1, -0.05) is 115 Å². The number of amides is 4. The average molecular weight is 905 g/mol. The fourth-order valence-corrected chi connectivity index (χ4v) is 9.80. The molecular formula is C52H48N4O11. The molecule has 342 valence electrons. The number of carbonyl (C=O) groups is 6. The second-order valence-corrected chi connectivity index (χ2v) is 16.4. The average Bonchev–Trinajstić information content (AvgIpc) is 3.81. The van der Waals surface area contributed by atoms with Gasteiger partial charge in [0.05, 0.1) is 50.6 Å². The first-order valence-corrected chi connectivity index (χ1v) is 21.7. The number of hydrogen-bond acceptors (Lipinski definition) is 12. The second kappa shape index (κ2) is 19.4. The number of morpholine rings is 1. The van der Waals surface area contributed by atoms with Crippen LogP contribution in [0.15, 0.2) is 133 Å². The SMILES string of the molecule is COC(=O)C(CC#Cc1ccc2c(c1)[C@]1(C(=O)N2C(=O)N[C@H](C)c2ccccc2)[C@H](C(N)=O)[C@H]2C(=O)O[C@H](c3ccccc3)[C@H](c3ccccc3)N2[C@@H]1c1ccc(OCCO)cc1)C(=O)OC. The Morgan fingerprint density at radius 3 is 2.01 bits per heavy atom. The van der Waals surface area contributed by atoms with Crippen LogP contribution < -0.4 is 20.7 Å². The Hall–Kier alpha value is -7.80. The van der Waals surface area contributed by atoms with Crippen molar-refractivity contribution in [2.75, 3.05) is 32.3 Å². The summed E-state index contributed by atoms with van der Waals surface area (Å²) < 4.78 is 21.8. The van der Waals surface area contributed by atoms with Gasteiger partial charge >= 0.3 is 23.9 Å². The van der Waals surface area contributed by atoms with Crippen LogP contribution >= 0.6 is 0 Å². The van der Waals surface area contributed by atoms with E-state index in [0.29, 0.717) is 22.4 Å². The van der Waals surface area contributed by atoms with E-state index in [4.69, 9.17) is 24.7 Å². The Morgan fingerprint density at radius 1 is 0.806 bits per heavy atom. The van der Waals surface area contributed by atoms with Crippen molar-refractivity contribution < 1.29 is 52.8 Å². The molecule has 2 fully saturated rings. The summed E-state index contributed by atoms with van der Waals surface area (Å²) >= 11 is 0. The van der Waals surface area contributed by atoms with Gasteiger partial charge in [-0.05, 0) is 65.1 Å². The van der Waals surface area contributed by atoms with E-state index in [1.54, 1.807) is 43.3 Å². The molecule has 3 aliphatic rings. The quantitative estimate of drug-likeness (QED) is 0.0625. The molecular weight excluding hydrogens is 857 g/mol. The van der Waals surface area contributed by atoms with Crippen molar-refractivity contribution in [2.24, 2.45) is 17.6 Å². The van der Waals surface area contributed by atoms with Gasteiger partial charge in [-0.15, -0.1) is 0 Å². The number of primary amides is 1. The molecule has 0 aromatic heterocycles. The zero-order chi connectivity index (χ0) is 47.4. The summed E-state index contributed by atoms with van der Waals surface area (Å²) in [6, 6.07) is 34.1. The predicted molar refractivity (Wildman–Crippen MR) is 243 cm³/mol. The van der Waals surface area contributed by atoms with Gasteiger partial charge in [0.1, 0.15) is 29.9 Å². The number of anilines is 1. The minimum absolute atomic E-state index is 0.00644. The summed E-state index contributed by atoms with van der Waals surface area (Å²) in [5.41, 5.74) is 7.50. The molecule has 3 aliphatic heterocycles. The van der Waals surface area contributed by atoms with Gasteiger partial charge < -0.3 is 35.1 Å². The number of nitrogens with zero attached hydrogens (tertiary/aromatic N) is 2. The van der Waals surface area contributed by atoms with Gasteiger partial charge in [0, 0.05) is 12.0 Å². The molecule has 0 saturated carbocycles. The highest BCUT2D eigenvalue weighted by atomic mass is 16.6. The Balaban J connectivity index is 1.39. The van der Waals surface area contributed by atoms with E-state index < -0.39 is 83.3 Å². The Kier molecular flexibility index (Phi) is 13.2. The van der Waals surface area contributed by atoms with Crippen molar-refractivity contribution in [1.29, 1.82) is 0 Å². The minimum Gasteiger partial charge on any atom is -0.491 e. The molecule has 3 heterocycles. The molecule has 0 bridgehead atoms. The van der Waals surface area contributed by atoms with Gasteiger partial charge in [0.15, 0.2) is 5.92 Å². The molecule has 4 amide bonds. The number of urea groups is 1. The number of rotatable bonds is 12. The summed E-state index contributed by atoms with van der Waals surface area (Å²) in [5.74, 6) is -1.09. The van der Waals surface area contributed by atoms with E-state index in [1.165, 1.54) is 6.07 Å². The van der Waals surface area contributed by atoms with Crippen LogP contribution in [-0.4, -0.2) is 79.2 Å². The standard InChI is InChI=1S/C52H48N4O11/c1-31(33-15-7-4-8-16-33)54-51(63)55-40-27-22-32(14-13-21-38(47(59)64-2)48(60)65-3)30-39(40)52(50(55)62)41(46(53)58)43-49(61)67-44(35-19-11-6-12-20-35)42(34-17-9-5-10-18-34)56(43)45(52)36-23-25-37(26-24-36)66-29-28-57/h4-12,15-20,22-27,30-31,38,41-45,57H,21,28-29H2,1-3H3,(H2,53,58)(H,54,63)/t31-,41+,42+,43+,44-,45-,52+/m1/s1. The van der Waals surface area contributed by atoms with Crippen LogP contribution in [0.5, 0.6) is 5.75 Å². The van der Waals surface area contributed by atoms with E-state index in [0.717, 1.165) is 24.7 Å². The lowest BCUT2D eigenvalue weighted by Gasteiger charge is -2.46. The second-order valence-electron chi connectivity index (χ2n) is 16.4. The maximum Gasteiger partial charge on any atom is 0.329 e. The number of carbonyl (C=O) groups excluding carboxylic acids is 6. The minimum atomic E-state index is -2.12. The number of imide groups is 1. The molecule has 0 radical (unpaired) electrons. The number of aliphatic hydroxyl groups is 1. The molecule has 15 heteroatoms. The van der Waals surface area contributed by atoms with E-state index >= 15 is 4.79 Å². The monoisotopic (exact) mass is 904 g/mol. The third kappa shape index (κ3) is 8.26. The number of ether oxygens (including phenoxy) is 4. The smallest absolute Gasteiger partial charge is 0.329 e. The zero-order valence-electron chi connectivity index (χ0n) is 36.9. The lowest BCUT2D eigenvalue weighted by molar-refractivity contribution is -0.178. The van der Waals surface area contributed by atoms with Crippen LogP contribution in [0.25, 0.3) is 0 Å². The summed E-state index contributed by atoms with van der Waals surface area (Å²) in [6.45, 7) is 1.54. The molecule has 4 N–H and O–H groups in total. The first-order chi connectivity index (χ1) is 32.5. The highest BCUT2D eigenvalue weighted by molar-refractivity contribution is 6.24. The van der Waals surface area contributed by atoms with Gasteiger partial charge in [-0.25, -0.2) is 9.69 Å². The molecule has 5 aromatic carbocycles. The topological polar surface area (TPSA) is 204 Å². The zero-order valence-corrected chi connectivity index (χ0v) is 36.9. The molecule has 5 aromatic rings. The van der Waals surface area contributed by atoms with Crippen LogP contribution in [0.2, 0.25) is 0 Å². The lowest BCUT2D eigenvalue weighted by atomic mass is 9.65. The van der Waals surface area contributed by atoms with Crippen molar-refractivity contribution in [3.63, 3.8) is 0 Å². The molecule has 67 heavy (non-hydrogen) atoms. The number of cyclic esters (lactones) is 1. The van der Waals surface area contributed by atoms with E-state index in [-0.39, 0.29) is 36.4 Å². The summed E-state index contributed by atoms with van der Waals surface area (Å²) in [6.07, 6.45) is -1.24. The molecule has 1 spiro atoms. The lowest BCUT2D eigenvalue weighted by Crippen LogP contribution is -2.55. The fourth-order valence-electron chi connectivity index (χ4n) is 9.80. The third-order valence-electron chi connectivity index (χ3n) is 12.7. The Bertz CT molecular complexity index is 2730. The normalized spacial score (nSPS) is 22.2. The van der Waals surface area contributed by atoms with Gasteiger partial charge in [-0.3, -0.25) is 28.9 Å². The van der Waals surface area contributed by atoms with E-state index in [9.17, 15) is 29.1 Å². The van der Waals surface area contributed by atoms with Gasteiger partial charge in [0.25, 0.3) is 0 Å². The van der Waals surface area contributed by atoms with Crippen molar-refractivity contribution in [1.82, 2.24) is 10.2 Å². The molecule has 8 rings (SSSR count). The van der Waals surface area contributed by atoms with Crippen molar-refractivity contribution in [3.05, 3.63) is 167 Å². The molecule has 0 unspecified atom stereocenters. The number of hydrogen-bond donors (Lipinski definition) is 3. The summed E-state index contributed by atoms with van der Waals surface area (Å²) in [4.78, 5) is 88.5. The number of methoxy groups -OCH3 is 2. The van der Waals surface area contributed by atoms with E-state index in [1.807, 2.05) is 95.9 Å². The number of aliphatic hydroxyl groups excluding tert-OH is 1. The van der Waals surface area contributed by atoms with Crippen molar-refractivity contribution in [3.8, 4) is 17.6 Å². The van der Waals surface area contributed by atoms with E-state index in [2.05, 4.69) is 17.2 Å². The number of fused-ring (bicyclic) bond motifs is 3. The van der Waals surface area contributed by atoms with Gasteiger partial charge in [-0.2, -0.15) is 0 Å². The summed E-state index contributed by atoms with van der Waals surface area (Å²) in [7, 11) is 2.28. The maximum atomic E-state index is 16.2. The van der Waals surface area contributed by atoms with Crippen LogP contribution in [-0.2, 0) is 43.6 Å². The highest BCUT2D eigenvalue weighted by Gasteiger charge is 2.75. The van der Waals surface area contributed by atoms with Gasteiger partial charge in [0.2, 0.25) is 11.8 Å². The third-order valence-corrected chi connectivity index (χ3v) is 12.7. The van der Waals surface area contributed by atoms with Crippen molar-refractivity contribution in [2.45, 2.75) is 49.0 Å². The number of nitrogens with two attached hydrogens (primary N) is 1. The highest BCUT2D eigenvalue weighted by Crippen LogP contribution is 2.65. The van der Waals surface area contributed by atoms with Crippen LogP contribution in [0.1, 0.15) is 71.0 Å². The fraction of sp³-hybridized carbons (Fsp3) is 0.269. The number of esters is 3. The largest absolute Gasteiger partial charge is 0.491 e. The predicted octanol–water partition coefficient (Wildman–Crippen LogP) is 5.38. The van der Waals surface area contributed by atoms with Crippen LogP contribution in [0, 0.1) is 23.7 Å². The maximum absolute atomic E-state index is 16.2. The Labute approximate surface area is 386 Å². The number of benzene rings is 5. The molecule has 2 saturated heterocycles. The van der Waals surface area contributed by atoms with Crippen molar-refractivity contribution >= 4 is 41.4 Å². The van der Waals surface area contributed by atoms with Crippen LogP contribution in [0.4, 0.5) is 10.5 Å². The number of nitrogens with one attached hydrogen (secondary N) is 1. The first-order valence-electron chi connectivity index (χ1n) is 21.7. The molecule has 0 aliphatic carbocycles. The van der Waals surface area contributed by atoms with Crippen LogP contribution in [0.3, 0.4) is 0 Å². The first kappa shape index (κ1) is 45.8. The summed E-state index contributed by atoms with van der Waals surface area (Å²) in [5, 5.41) is 12.5. The molecule has 15 nitrogen and oxygen atoms in total.